The summed E-state index contributed by atoms with van der Waals surface area (Å²) in [7, 11) is 0. The van der Waals surface area contributed by atoms with Gasteiger partial charge >= 0.3 is 11.9 Å². The van der Waals surface area contributed by atoms with Crippen molar-refractivity contribution in [2.24, 2.45) is 0 Å². The van der Waals surface area contributed by atoms with Gasteiger partial charge in [0.05, 0.1) is 6.61 Å². The molecule has 378 valence electrons. The number of esters is 2. The Balaban J connectivity index is 4.38. The molecule has 0 saturated heterocycles. The SMILES string of the molecule is CC/C=C\C/C=C\C/C=C\C/C=C\C/C=C\C/C=C\CCCOCC(COC(=O)CCCCCCCCC/C=C\CCCCCCCC)OC(=O)CCCCCCC/C=C\CCCCCC. The topological polar surface area (TPSA) is 61.8 Å². The molecule has 0 aromatic heterocycles. The fourth-order valence-corrected chi connectivity index (χ4v) is 7.46. The van der Waals surface area contributed by atoms with Crippen molar-refractivity contribution in [3.05, 3.63) is 97.2 Å². The maximum atomic E-state index is 12.8. The zero-order chi connectivity index (χ0) is 47.7. The molecule has 1 unspecified atom stereocenters. The van der Waals surface area contributed by atoms with Gasteiger partial charge in [0.1, 0.15) is 6.61 Å². The number of carbonyl (C=O) groups excluding carboxylic acids is 2. The minimum Gasteiger partial charge on any atom is -0.462 e. The van der Waals surface area contributed by atoms with Gasteiger partial charge in [0.25, 0.3) is 0 Å². The average Bonchev–Trinajstić information content (AvgIpc) is 3.32. The fraction of sp³-hybridized carbons (Fsp3) is 0.705. The van der Waals surface area contributed by atoms with Crippen molar-refractivity contribution >= 4 is 11.9 Å². The third-order valence-corrected chi connectivity index (χ3v) is 11.6. The summed E-state index contributed by atoms with van der Waals surface area (Å²) in [6, 6.07) is 0. The maximum absolute atomic E-state index is 12.8. The summed E-state index contributed by atoms with van der Waals surface area (Å²) in [5.74, 6) is -0.444. The summed E-state index contributed by atoms with van der Waals surface area (Å²) in [5, 5.41) is 0. The summed E-state index contributed by atoms with van der Waals surface area (Å²) >= 11 is 0. The molecular weight excluding hydrogens is 813 g/mol. The molecule has 66 heavy (non-hydrogen) atoms. The van der Waals surface area contributed by atoms with E-state index in [1.54, 1.807) is 0 Å². The van der Waals surface area contributed by atoms with E-state index in [2.05, 4.69) is 118 Å². The van der Waals surface area contributed by atoms with Crippen LogP contribution in [0.15, 0.2) is 97.2 Å². The van der Waals surface area contributed by atoms with Gasteiger partial charge in [-0.15, -0.1) is 0 Å². The van der Waals surface area contributed by atoms with Gasteiger partial charge in [-0.1, -0.05) is 221 Å². The van der Waals surface area contributed by atoms with Gasteiger partial charge in [-0.05, 0) is 116 Å². The highest BCUT2D eigenvalue weighted by molar-refractivity contribution is 5.70. The first kappa shape index (κ1) is 62.8. The Morgan fingerprint density at radius 1 is 0.348 bits per heavy atom. The van der Waals surface area contributed by atoms with Crippen molar-refractivity contribution in [1.82, 2.24) is 0 Å². The molecule has 0 aliphatic heterocycles. The highest BCUT2D eigenvalue weighted by atomic mass is 16.6. The molecule has 0 bridgehead atoms. The van der Waals surface area contributed by atoms with Crippen molar-refractivity contribution in [2.75, 3.05) is 19.8 Å². The van der Waals surface area contributed by atoms with Gasteiger partial charge < -0.3 is 14.2 Å². The smallest absolute Gasteiger partial charge is 0.306 e. The lowest BCUT2D eigenvalue weighted by Gasteiger charge is -2.18. The van der Waals surface area contributed by atoms with Crippen LogP contribution in [0.25, 0.3) is 0 Å². The number of ether oxygens (including phenoxy) is 3. The summed E-state index contributed by atoms with van der Waals surface area (Å²) in [5.41, 5.74) is 0. The second kappa shape index (κ2) is 56.1. The molecule has 0 amide bonds. The zero-order valence-electron chi connectivity index (χ0n) is 43.4. The van der Waals surface area contributed by atoms with Gasteiger partial charge in [0.2, 0.25) is 0 Å². The third kappa shape index (κ3) is 53.4. The predicted octanol–water partition coefficient (Wildman–Crippen LogP) is 19.0. The normalized spacial score (nSPS) is 13.0. The number of allylic oxidation sites excluding steroid dienone is 16. The molecule has 0 rings (SSSR count). The summed E-state index contributed by atoms with van der Waals surface area (Å²) in [6.45, 7) is 7.55. The molecule has 0 aromatic carbocycles. The van der Waals surface area contributed by atoms with Gasteiger partial charge in [-0.3, -0.25) is 9.59 Å². The van der Waals surface area contributed by atoms with Crippen LogP contribution < -0.4 is 0 Å². The Morgan fingerprint density at radius 2 is 0.682 bits per heavy atom. The van der Waals surface area contributed by atoms with E-state index >= 15 is 0 Å². The van der Waals surface area contributed by atoms with E-state index in [9.17, 15) is 9.59 Å². The lowest BCUT2D eigenvalue weighted by atomic mass is 10.1. The van der Waals surface area contributed by atoms with E-state index in [1.807, 2.05) is 0 Å². The van der Waals surface area contributed by atoms with Crippen molar-refractivity contribution in [3.8, 4) is 0 Å². The Hall–Kier alpha value is -3.18. The molecular formula is C61H104O5. The second-order valence-corrected chi connectivity index (χ2v) is 18.1. The van der Waals surface area contributed by atoms with Crippen molar-refractivity contribution in [1.29, 1.82) is 0 Å². The number of hydrogen-bond acceptors (Lipinski definition) is 5. The van der Waals surface area contributed by atoms with Crippen LogP contribution in [0.4, 0.5) is 0 Å². The quantitative estimate of drug-likeness (QED) is 0.0346. The Morgan fingerprint density at radius 3 is 1.12 bits per heavy atom. The van der Waals surface area contributed by atoms with Crippen molar-refractivity contribution < 1.29 is 23.8 Å². The Labute approximate surface area is 409 Å². The fourth-order valence-electron chi connectivity index (χ4n) is 7.46. The first-order valence-corrected chi connectivity index (χ1v) is 27.8. The Bertz CT molecular complexity index is 1270. The van der Waals surface area contributed by atoms with Crippen LogP contribution in [-0.2, 0) is 23.8 Å². The largest absolute Gasteiger partial charge is 0.462 e. The van der Waals surface area contributed by atoms with Gasteiger partial charge in [-0.25, -0.2) is 0 Å². The van der Waals surface area contributed by atoms with Crippen molar-refractivity contribution in [3.63, 3.8) is 0 Å². The maximum Gasteiger partial charge on any atom is 0.306 e. The first-order valence-electron chi connectivity index (χ1n) is 27.8. The van der Waals surface area contributed by atoms with E-state index in [4.69, 9.17) is 14.2 Å². The molecule has 0 spiro atoms. The van der Waals surface area contributed by atoms with E-state index in [0.717, 1.165) is 96.3 Å². The second-order valence-electron chi connectivity index (χ2n) is 18.1. The molecule has 0 N–H and O–H groups in total. The molecule has 0 radical (unpaired) electrons. The number of hydrogen-bond donors (Lipinski definition) is 0. The van der Waals surface area contributed by atoms with E-state index in [0.29, 0.717) is 19.4 Å². The van der Waals surface area contributed by atoms with Crippen molar-refractivity contribution in [2.45, 2.75) is 258 Å². The number of unbranched alkanes of at least 4 members (excludes halogenated alkanes) is 23. The van der Waals surface area contributed by atoms with Gasteiger partial charge in [0, 0.05) is 19.4 Å². The highest BCUT2D eigenvalue weighted by Gasteiger charge is 2.17. The molecule has 0 saturated carbocycles. The molecule has 0 aromatic rings. The van der Waals surface area contributed by atoms with E-state index in [1.165, 1.54) is 122 Å². The molecule has 5 heteroatoms. The minimum absolute atomic E-state index is 0.0528. The number of rotatable bonds is 50. The summed E-state index contributed by atoms with van der Waals surface area (Å²) in [4.78, 5) is 25.5. The summed E-state index contributed by atoms with van der Waals surface area (Å²) < 4.78 is 17.4. The molecule has 0 aliphatic carbocycles. The van der Waals surface area contributed by atoms with Crippen LogP contribution in [-0.4, -0.2) is 37.9 Å². The number of carbonyl (C=O) groups is 2. The predicted molar refractivity (Wildman–Crippen MR) is 288 cm³/mol. The van der Waals surface area contributed by atoms with E-state index < -0.39 is 6.10 Å². The molecule has 1 atom stereocenters. The molecule has 5 nitrogen and oxygen atoms in total. The van der Waals surface area contributed by atoms with E-state index in [-0.39, 0.29) is 25.2 Å². The monoisotopic (exact) mass is 917 g/mol. The standard InChI is InChI=1S/C61H104O5/c1-4-7-10-13-16-19-22-25-27-29-30-31-33-35-38-41-44-47-50-53-56-64-57-59(66-61(63)55-52-49-46-43-40-36-24-21-18-15-12-9-6-3)58-65-60(62)54-51-48-45-42-39-37-34-32-28-26-23-20-17-14-11-8-5-2/h7,10,16,19,21,24-28,30-31,35,38,44,47,59H,4-6,8-9,11-15,17-18,20,22-23,29,32-34,36-37,39-43,45-46,48-58H2,1-3H3/b10-7-,19-16-,24-21-,27-25-,28-26-,31-30-,38-35-,47-44-. The zero-order valence-corrected chi connectivity index (χ0v) is 43.4. The lowest BCUT2D eigenvalue weighted by molar-refractivity contribution is -0.163. The average molecular weight is 917 g/mol. The third-order valence-electron chi connectivity index (χ3n) is 11.6. The molecule has 0 aliphatic rings. The first-order chi connectivity index (χ1) is 32.6. The van der Waals surface area contributed by atoms with Gasteiger partial charge in [0.15, 0.2) is 6.10 Å². The lowest BCUT2D eigenvalue weighted by Crippen LogP contribution is -2.30. The van der Waals surface area contributed by atoms with Gasteiger partial charge in [-0.2, -0.15) is 0 Å². The molecule has 0 fully saturated rings. The van der Waals surface area contributed by atoms with Crippen LogP contribution in [0.1, 0.15) is 252 Å². The Kier molecular flexibility index (Phi) is 53.4. The van der Waals surface area contributed by atoms with Crippen LogP contribution in [0.3, 0.4) is 0 Å². The van der Waals surface area contributed by atoms with Crippen LogP contribution >= 0.6 is 0 Å². The highest BCUT2D eigenvalue weighted by Crippen LogP contribution is 2.14. The van der Waals surface area contributed by atoms with Crippen LogP contribution in [0.2, 0.25) is 0 Å². The summed E-state index contributed by atoms with van der Waals surface area (Å²) in [6.07, 6.45) is 75.7. The molecule has 0 heterocycles. The minimum atomic E-state index is -0.577. The van der Waals surface area contributed by atoms with Crippen LogP contribution in [0.5, 0.6) is 0 Å². The van der Waals surface area contributed by atoms with Crippen LogP contribution in [0, 0.1) is 0 Å².